The number of hydrogen-bond acceptors (Lipinski definition) is 3. The number of rotatable bonds is 1. The molecule has 0 saturated carbocycles. The highest BCUT2D eigenvalue weighted by Crippen LogP contribution is 2.07. The molecule has 2 atom stereocenters. The van der Waals surface area contributed by atoms with Gasteiger partial charge in [0.25, 0.3) is 0 Å². The van der Waals surface area contributed by atoms with Gasteiger partial charge in [0.05, 0.1) is 12.2 Å². The van der Waals surface area contributed by atoms with Crippen LogP contribution in [0.2, 0.25) is 0 Å². The van der Waals surface area contributed by atoms with Crippen molar-refractivity contribution in [1.82, 2.24) is 10.4 Å². The first kappa shape index (κ1) is 9.70. The molecular weight excluding hydrogens is 174 g/mol. The first-order chi connectivity index (χ1) is 5.58. The third-order valence-corrected chi connectivity index (χ3v) is 1.78. The topological polar surface area (TPSA) is 50.5 Å². The van der Waals surface area contributed by atoms with Crippen LogP contribution in [-0.4, -0.2) is 35.4 Å². The zero-order chi connectivity index (χ0) is 9.14. The Balaban J connectivity index is 2.38. The van der Waals surface area contributed by atoms with E-state index in [1.165, 1.54) is 0 Å². The van der Waals surface area contributed by atoms with Crippen LogP contribution >= 0.6 is 12.2 Å². The lowest BCUT2D eigenvalue weighted by molar-refractivity contribution is -0.0764. The summed E-state index contributed by atoms with van der Waals surface area (Å²) in [5.41, 5.74) is 8.26. The normalized spacial score (nSPS) is 31.5. The molecule has 12 heavy (non-hydrogen) atoms. The maximum absolute atomic E-state index is 5.53. The van der Waals surface area contributed by atoms with Gasteiger partial charge in [-0.05, 0) is 26.1 Å². The van der Waals surface area contributed by atoms with E-state index in [0.717, 1.165) is 13.1 Å². The van der Waals surface area contributed by atoms with E-state index in [2.05, 4.69) is 5.43 Å². The van der Waals surface area contributed by atoms with E-state index in [1.807, 2.05) is 18.9 Å². The molecule has 0 aliphatic carbocycles. The molecule has 5 heteroatoms. The monoisotopic (exact) mass is 189 g/mol. The van der Waals surface area contributed by atoms with E-state index in [4.69, 9.17) is 22.7 Å². The minimum Gasteiger partial charge on any atom is -0.375 e. The van der Waals surface area contributed by atoms with Gasteiger partial charge >= 0.3 is 0 Å². The highest BCUT2D eigenvalue weighted by Gasteiger charge is 2.21. The van der Waals surface area contributed by atoms with Crippen molar-refractivity contribution in [3.8, 4) is 0 Å². The van der Waals surface area contributed by atoms with Crippen LogP contribution in [0, 0.1) is 0 Å². The van der Waals surface area contributed by atoms with Crippen molar-refractivity contribution in [3.63, 3.8) is 0 Å². The molecule has 0 aromatic carbocycles. The highest BCUT2D eigenvalue weighted by molar-refractivity contribution is 7.80. The predicted molar refractivity (Wildman–Crippen MR) is 51.5 cm³/mol. The van der Waals surface area contributed by atoms with Gasteiger partial charge in [0.15, 0.2) is 5.11 Å². The third-order valence-electron chi connectivity index (χ3n) is 1.69. The Morgan fingerprint density at radius 2 is 2.00 bits per heavy atom. The largest absolute Gasteiger partial charge is 0.375 e. The molecule has 1 saturated heterocycles. The van der Waals surface area contributed by atoms with Crippen LogP contribution in [0.5, 0.6) is 0 Å². The van der Waals surface area contributed by atoms with Crippen LogP contribution in [0.3, 0.4) is 0 Å². The lowest BCUT2D eigenvalue weighted by Gasteiger charge is -2.35. The van der Waals surface area contributed by atoms with Crippen LogP contribution in [-0.2, 0) is 4.74 Å². The van der Waals surface area contributed by atoms with Gasteiger partial charge in [-0.25, -0.2) is 5.01 Å². The van der Waals surface area contributed by atoms with E-state index in [-0.39, 0.29) is 12.2 Å². The van der Waals surface area contributed by atoms with Crippen molar-refractivity contribution in [2.24, 2.45) is 5.73 Å². The number of hydrazine groups is 1. The summed E-state index contributed by atoms with van der Waals surface area (Å²) in [6.45, 7) is 5.71. The van der Waals surface area contributed by atoms with Crippen LogP contribution in [0.1, 0.15) is 13.8 Å². The fourth-order valence-corrected chi connectivity index (χ4v) is 1.55. The average Bonchev–Trinajstić information content (AvgIpc) is 1.81. The van der Waals surface area contributed by atoms with Crippen molar-refractivity contribution in [1.29, 1.82) is 0 Å². The van der Waals surface area contributed by atoms with Gasteiger partial charge in [-0.1, -0.05) is 0 Å². The summed E-state index contributed by atoms with van der Waals surface area (Å²) in [5.74, 6) is 0. The van der Waals surface area contributed by atoms with Crippen LogP contribution in [0.25, 0.3) is 0 Å². The second-order valence-corrected chi connectivity index (χ2v) is 3.58. The number of nitrogens with two attached hydrogens (primary N) is 1. The molecule has 0 aromatic heterocycles. The van der Waals surface area contributed by atoms with E-state index >= 15 is 0 Å². The molecule has 0 unspecified atom stereocenters. The number of nitrogens with one attached hydrogen (secondary N) is 1. The minimum absolute atomic E-state index is 0.232. The maximum atomic E-state index is 5.53. The summed E-state index contributed by atoms with van der Waals surface area (Å²) in [6.07, 6.45) is 0.464. The second-order valence-electron chi connectivity index (χ2n) is 3.14. The van der Waals surface area contributed by atoms with Crippen molar-refractivity contribution in [3.05, 3.63) is 0 Å². The molecule has 1 aliphatic heterocycles. The summed E-state index contributed by atoms with van der Waals surface area (Å²) >= 11 is 4.74. The SMILES string of the molecule is C[C@@H]1CN(NC(N)=S)C[C@H](C)O1. The molecule has 1 aliphatic rings. The van der Waals surface area contributed by atoms with Crippen molar-refractivity contribution in [2.75, 3.05) is 13.1 Å². The molecule has 4 nitrogen and oxygen atoms in total. The molecule has 1 rings (SSSR count). The zero-order valence-electron chi connectivity index (χ0n) is 7.41. The van der Waals surface area contributed by atoms with Crippen LogP contribution < -0.4 is 11.2 Å². The Labute approximate surface area is 78.0 Å². The van der Waals surface area contributed by atoms with Gasteiger partial charge in [-0.2, -0.15) is 0 Å². The summed E-state index contributed by atoms with van der Waals surface area (Å²) in [5, 5.41) is 2.30. The number of morpholine rings is 1. The number of nitrogens with zero attached hydrogens (tertiary/aromatic N) is 1. The Morgan fingerprint density at radius 3 is 2.42 bits per heavy atom. The summed E-state index contributed by atoms with van der Waals surface area (Å²) in [6, 6.07) is 0. The van der Waals surface area contributed by atoms with Crippen LogP contribution in [0.15, 0.2) is 0 Å². The predicted octanol–water partition coefficient (Wildman–Crippen LogP) is -0.156. The van der Waals surface area contributed by atoms with Crippen molar-refractivity contribution in [2.45, 2.75) is 26.1 Å². The Hall–Kier alpha value is -0.390. The quantitative estimate of drug-likeness (QED) is 0.562. The number of hydrogen-bond donors (Lipinski definition) is 2. The first-order valence-electron chi connectivity index (χ1n) is 4.04. The molecular formula is C7H15N3OS. The van der Waals surface area contributed by atoms with Gasteiger partial charge in [0.1, 0.15) is 0 Å². The molecule has 0 amide bonds. The molecule has 0 bridgehead atoms. The van der Waals surface area contributed by atoms with E-state index in [1.54, 1.807) is 0 Å². The maximum Gasteiger partial charge on any atom is 0.178 e. The van der Waals surface area contributed by atoms with Crippen molar-refractivity contribution < 1.29 is 4.74 Å². The number of thiocarbonyl (C=S) groups is 1. The fourth-order valence-electron chi connectivity index (χ4n) is 1.43. The second kappa shape index (κ2) is 4.02. The lowest BCUT2D eigenvalue weighted by atomic mass is 10.2. The molecule has 70 valence electrons. The van der Waals surface area contributed by atoms with Gasteiger partial charge in [-0.3, -0.25) is 5.43 Å². The Bertz CT molecular complexity index is 166. The lowest BCUT2D eigenvalue weighted by Crippen LogP contribution is -2.54. The third kappa shape index (κ3) is 2.92. The smallest absolute Gasteiger partial charge is 0.178 e. The van der Waals surface area contributed by atoms with Gasteiger partial charge < -0.3 is 10.5 Å². The van der Waals surface area contributed by atoms with Crippen molar-refractivity contribution >= 4 is 17.3 Å². The fraction of sp³-hybridized carbons (Fsp3) is 0.857. The Kier molecular flexibility index (Phi) is 3.25. The summed E-state index contributed by atoms with van der Waals surface area (Å²) in [4.78, 5) is 0. The first-order valence-corrected chi connectivity index (χ1v) is 4.45. The Morgan fingerprint density at radius 1 is 1.50 bits per heavy atom. The van der Waals surface area contributed by atoms with Gasteiger partial charge in [-0.15, -0.1) is 0 Å². The molecule has 1 heterocycles. The van der Waals surface area contributed by atoms with E-state index in [0.29, 0.717) is 5.11 Å². The summed E-state index contributed by atoms with van der Waals surface area (Å²) in [7, 11) is 0. The van der Waals surface area contributed by atoms with Gasteiger partial charge in [0.2, 0.25) is 0 Å². The van der Waals surface area contributed by atoms with E-state index in [9.17, 15) is 0 Å². The molecule has 0 radical (unpaired) electrons. The molecule has 0 spiro atoms. The summed E-state index contributed by atoms with van der Waals surface area (Å²) < 4.78 is 5.53. The van der Waals surface area contributed by atoms with Gasteiger partial charge in [0, 0.05) is 13.1 Å². The molecule has 0 aromatic rings. The number of ether oxygens (including phenoxy) is 1. The minimum atomic E-state index is 0.232. The molecule has 3 N–H and O–H groups in total. The standard InChI is InChI=1S/C7H15N3OS/c1-5-3-10(9-7(8)12)4-6(2)11-5/h5-6H,3-4H2,1-2H3,(H3,8,9,12)/t5-,6+. The van der Waals surface area contributed by atoms with E-state index < -0.39 is 0 Å². The van der Waals surface area contributed by atoms with Crippen LogP contribution in [0.4, 0.5) is 0 Å². The highest BCUT2D eigenvalue weighted by atomic mass is 32.1. The average molecular weight is 189 g/mol. The molecule has 1 fully saturated rings. The zero-order valence-corrected chi connectivity index (χ0v) is 8.23.